The summed E-state index contributed by atoms with van der Waals surface area (Å²) in [5.74, 6) is 0.695. The lowest BCUT2D eigenvalue weighted by molar-refractivity contribution is -0.122. The molecule has 1 atom stereocenters. The molecule has 1 aromatic carbocycles. The number of anilines is 1. The van der Waals surface area contributed by atoms with Crippen LogP contribution in [0.4, 0.5) is 5.82 Å². The molecule has 31 heavy (non-hydrogen) atoms. The van der Waals surface area contributed by atoms with E-state index in [1.54, 1.807) is 18.0 Å². The topological polar surface area (TPSA) is 84.7 Å². The lowest BCUT2D eigenvalue weighted by Gasteiger charge is -2.15. The molecular formula is C23H32N6OS. The van der Waals surface area contributed by atoms with Crippen molar-refractivity contribution in [2.24, 2.45) is 0 Å². The van der Waals surface area contributed by atoms with Gasteiger partial charge in [0.25, 0.3) is 0 Å². The van der Waals surface area contributed by atoms with Crippen LogP contribution >= 0.6 is 11.8 Å². The van der Waals surface area contributed by atoms with Crippen LogP contribution in [0.25, 0.3) is 11.0 Å². The van der Waals surface area contributed by atoms with Crippen LogP contribution in [-0.2, 0) is 11.3 Å². The van der Waals surface area contributed by atoms with Gasteiger partial charge in [-0.15, -0.1) is 0 Å². The summed E-state index contributed by atoms with van der Waals surface area (Å²) in [7, 11) is 0. The van der Waals surface area contributed by atoms with Gasteiger partial charge in [-0.3, -0.25) is 4.79 Å². The number of hydrogen-bond donors (Lipinski definition) is 2. The molecule has 8 heteroatoms. The van der Waals surface area contributed by atoms with Crippen LogP contribution in [0.3, 0.4) is 0 Å². The zero-order valence-electron chi connectivity index (χ0n) is 18.9. The van der Waals surface area contributed by atoms with Crippen molar-refractivity contribution in [2.45, 2.75) is 70.0 Å². The van der Waals surface area contributed by atoms with Crippen LogP contribution in [-0.4, -0.2) is 43.5 Å². The molecule has 0 aliphatic heterocycles. The van der Waals surface area contributed by atoms with Crippen molar-refractivity contribution in [3.8, 4) is 0 Å². The average Bonchev–Trinajstić information content (AvgIpc) is 3.12. The molecule has 0 saturated heterocycles. The molecule has 2 aromatic heterocycles. The summed E-state index contributed by atoms with van der Waals surface area (Å²) in [4.78, 5) is 22.2. The van der Waals surface area contributed by atoms with Gasteiger partial charge in [0.15, 0.2) is 10.8 Å². The average molecular weight is 441 g/mol. The van der Waals surface area contributed by atoms with Gasteiger partial charge in [-0.05, 0) is 25.8 Å². The van der Waals surface area contributed by atoms with Crippen molar-refractivity contribution < 1.29 is 4.79 Å². The summed E-state index contributed by atoms with van der Waals surface area (Å²) in [6, 6.07) is 10.2. The summed E-state index contributed by atoms with van der Waals surface area (Å²) in [6.45, 7) is 11.5. The SMILES string of the molecule is CCC(C(=O)NCCn1ncc2c(NC(C)C)nc(SC(C)C)nc21)c1ccccc1. The quantitative estimate of drug-likeness (QED) is 0.358. The Labute approximate surface area is 188 Å². The fraction of sp³-hybridized carbons (Fsp3) is 0.478. The minimum atomic E-state index is -0.145. The molecule has 2 heterocycles. The molecule has 1 unspecified atom stereocenters. The summed E-state index contributed by atoms with van der Waals surface area (Å²) in [5, 5.41) is 13.0. The van der Waals surface area contributed by atoms with Gasteiger partial charge in [0.1, 0.15) is 5.82 Å². The number of carbonyl (C=O) groups excluding carboxylic acids is 1. The van der Waals surface area contributed by atoms with E-state index >= 15 is 0 Å². The number of nitrogens with one attached hydrogen (secondary N) is 2. The smallest absolute Gasteiger partial charge is 0.227 e. The van der Waals surface area contributed by atoms with Crippen molar-refractivity contribution in [1.29, 1.82) is 0 Å². The highest BCUT2D eigenvalue weighted by Crippen LogP contribution is 2.27. The Balaban J connectivity index is 1.74. The zero-order chi connectivity index (χ0) is 22.4. The third-order valence-electron chi connectivity index (χ3n) is 4.79. The van der Waals surface area contributed by atoms with Gasteiger partial charge in [-0.25, -0.2) is 14.6 Å². The maximum Gasteiger partial charge on any atom is 0.227 e. The van der Waals surface area contributed by atoms with Gasteiger partial charge in [-0.2, -0.15) is 5.10 Å². The summed E-state index contributed by atoms with van der Waals surface area (Å²) < 4.78 is 1.84. The normalized spacial score (nSPS) is 12.5. The van der Waals surface area contributed by atoms with Crippen LogP contribution in [0.15, 0.2) is 41.7 Å². The molecule has 0 fully saturated rings. The number of nitrogens with zero attached hydrogens (tertiary/aromatic N) is 4. The third-order valence-corrected chi connectivity index (χ3v) is 5.66. The van der Waals surface area contributed by atoms with E-state index in [1.165, 1.54) is 0 Å². The van der Waals surface area contributed by atoms with E-state index < -0.39 is 0 Å². The van der Waals surface area contributed by atoms with Crippen molar-refractivity contribution >= 4 is 34.5 Å². The molecule has 2 N–H and O–H groups in total. The molecule has 0 radical (unpaired) electrons. The van der Waals surface area contributed by atoms with Gasteiger partial charge in [0, 0.05) is 17.8 Å². The fourth-order valence-corrected chi connectivity index (χ4v) is 4.12. The number of carbonyl (C=O) groups is 1. The maximum absolute atomic E-state index is 12.7. The number of amides is 1. The van der Waals surface area contributed by atoms with Gasteiger partial charge in [0.05, 0.1) is 24.0 Å². The number of rotatable bonds is 10. The minimum absolute atomic E-state index is 0.0398. The van der Waals surface area contributed by atoms with Crippen molar-refractivity contribution in [3.63, 3.8) is 0 Å². The lowest BCUT2D eigenvalue weighted by atomic mass is 9.96. The Bertz CT molecular complexity index is 1000. The highest BCUT2D eigenvalue weighted by Gasteiger charge is 2.19. The summed E-state index contributed by atoms with van der Waals surface area (Å²) >= 11 is 1.63. The molecule has 3 aromatic rings. The summed E-state index contributed by atoms with van der Waals surface area (Å²) in [5.41, 5.74) is 1.82. The molecule has 0 bridgehead atoms. The minimum Gasteiger partial charge on any atom is -0.367 e. The number of thioether (sulfide) groups is 1. The third kappa shape index (κ3) is 5.97. The standard InChI is InChI=1S/C23H32N6OS/c1-6-18(17-10-8-7-9-11-17)22(30)24-12-13-29-21-19(14-25-29)20(26-15(2)3)27-23(28-21)31-16(4)5/h7-11,14-16,18H,6,12-13H2,1-5H3,(H,24,30)(H,26,27,28). The van der Waals surface area contributed by atoms with E-state index in [1.807, 2.05) is 41.9 Å². The molecular weight excluding hydrogens is 408 g/mol. The van der Waals surface area contributed by atoms with Crippen LogP contribution in [0.2, 0.25) is 0 Å². The highest BCUT2D eigenvalue weighted by atomic mass is 32.2. The fourth-order valence-electron chi connectivity index (χ4n) is 3.41. The van der Waals surface area contributed by atoms with Crippen LogP contribution < -0.4 is 10.6 Å². The van der Waals surface area contributed by atoms with Crippen molar-refractivity contribution in [2.75, 3.05) is 11.9 Å². The number of fused-ring (bicyclic) bond motifs is 1. The monoisotopic (exact) mass is 440 g/mol. The molecule has 166 valence electrons. The Morgan fingerprint density at radius 3 is 2.52 bits per heavy atom. The molecule has 0 aliphatic carbocycles. The predicted molar refractivity (Wildman–Crippen MR) is 128 cm³/mol. The zero-order valence-corrected chi connectivity index (χ0v) is 19.7. The van der Waals surface area contributed by atoms with Crippen LogP contribution in [0.5, 0.6) is 0 Å². The largest absolute Gasteiger partial charge is 0.367 e. The maximum atomic E-state index is 12.7. The predicted octanol–water partition coefficient (Wildman–Crippen LogP) is 4.46. The van der Waals surface area contributed by atoms with E-state index in [2.05, 4.69) is 48.4 Å². The molecule has 7 nitrogen and oxygen atoms in total. The van der Waals surface area contributed by atoms with Gasteiger partial charge in [0.2, 0.25) is 5.91 Å². The van der Waals surface area contributed by atoms with Gasteiger partial charge < -0.3 is 10.6 Å². The van der Waals surface area contributed by atoms with Crippen molar-refractivity contribution in [3.05, 3.63) is 42.1 Å². The Morgan fingerprint density at radius 1 is 1.13 bits per heavy atom. The van der Waals surface area contributed by atoms with E-state index in [4.69, 9.17) is 4.98 Å². The van der Waals surface area contributed by atoms with Crippen LogP contribution in [0.1, 0.15) is 52.5 Å². The first kappa shape index (κ1) is 23.1. The van der Waals surface area contributed by atoms with E-state index in [0.717, 1.165) is 34.0 Å². The highest BCUT2D eigenvalue weighted by molar-refractivity contribution is 7.99. The molecule has 0 saturated carbocycles. The Hall–Kier alpha value is -2.61. The molecule has 3 rings (SSSR count). The van der Waals surface area contributed by atoms with Crippen LogP contribution in [0, 0.1) is 0 Å². The second-order valence-electron chi connectivity index (χ2n) is 8.09. The molecule has 0 spiro atoms. The molecule has 0 aliphatic rings. The Kier molecular flexibility index (Phi) is 7.90. The second kappa shape index (κ2) is 10.6. The van der Waals surface area contributed by atoms with E-state index in [9.17, 15) is 4.79 Å². The van der Waals surface area contributed by atoms with Gasteiger partial charge in [-0.1, -0.05) is 62.9 Å². The first-order valence-electron chi connectivity index (χ1n) is 10.9. The number of benzene rings is 1. The van der Waals surface area contributed by atoms with Gasteiger partial charge >= 0.3 is 0 Å². The van der Waals surface area contributed by atoms with E-state index in [-0.39, 0.29) is 17.9 Å². The first-order chi connectivity index (χ1) is 14.9. The first-order valence-corrected chi connectivity index (χ1v) is 11.8. The lowest BCUT2D eigenvalue weighted by Crippen LogP contribution is -2.32. The Morgan fingerprint density at radius 2 is 1.87 bits per heavy atom. The number of aromatic nitrogens is 4. The summed E-state index contributed by atoms with van der Waals surface area (Å²) in [6.07, 6.45) is 2.55. The van der Waals surface area contributed by atoms with Crippen molar-refractivity contribution in [1.82, 2.24) is 25.1 Å². The second-order valence-corrected chi connectivity index (χ2v) is 9.63. The molecule has 1 amide bonds. The number of hydrogen-bond acceptors (Lipinski definition) is 6. The van der Waals surface area contributed by atoms with E-state index in [0.29, 0.717) is 18.3 Å².